The minimum absolute atomic E-state index is 0.127. The first-order valence-corrected chi connectivity index (χ1v) is 7.36. The highest BCUT2D eigenvalue weighted by atomic mass is 32.2. The molecule has 1 heterocycles. The molecule has 1 saturated heterocycles. The molecule has 21 heavy (non-hydrogen) atoms. The van der Waals surface area contributed by atoms with Crippen LogP contribution in [0.1, 0.15) is 36.2 Å². The van der Waals surface area contributed by atoms with E-state index < -0.39 is 5.97 Å². The van der Waals surface area contributed by atoms with E-state index in [1.807, 2.05) is 13.8 Å². The Hall–Kier alpha value is -2.08. The summed E-state index contributed by atoms with van der Waals surface area (Å²) in [5.41, 5.74) is 0.870. The van der Waals surface area contributed by atoms with Gasteiger partial charge in [-0.05, 0) is 48.9 Å². The number of carbonyl (C=O) groups excluding carboxylic acids is 2. The molecule has 1 fully saturated rings. The maximum absolute atomic E-state index is 12.2. The maximum Gasteiger partial charge on any atom is 0.335 e. The molecule has 2 rings (SSSR count). The van der Waals surface area contributed by atoms with Crippen molar-refractivity contribution < 1.29 is 19.5 Å². The highest BCUT2D eigenvalue weighted by Crippen LogP contribution is 2.34. The van der Waals surface area contributed by atoms with E-state index in [9.17, 15) is 14.4 Å². The summed E-state index contributed by atoms with van der Waals surface area (Å²) in [6.45, 7) is 3.75. The fraction of sp³-hybridized carbons (Fsp3) is 0.267. The molecule has 6 heteroatoms. The number of amides is 2. The van der Waals surface area contributed by atoms with Crippen molar-refractivity contribution in [1.29, 1.82) is 0 Å². The van der Waals surface area contributed by atoms with Gasteiger partial charge >= 0.3 is 5.97 Å². The number of imide groups is 1. The van der Waals surface area contributed by atoms with E-state index in [0.29, 0.717) is 16.9 Å². The average Bonchev–Trinajstić information content (AvgIpc) is 2.73. The molecule has 0 spiro atoms. The topological polar surface area (TPSA) is 74.7 Å². The molecule has 1 N–H and O–H groups in total. The standard InChI is InChI=1S/C15H15NO4S/c1-3-9(2)16-13(17)12(21-15(16)20)8-10-4-6-11(7-5-10)14(18)19/h4-9H,3H2,1-2H3,(H,18,19)/b12-8+/t9-/m0/s1. The second-order valence-corrected chi connectivity index (χ2v) is 5.73. The number of thioether (sulfide) groups is 1. The van der Waals surface area contributed by atoms with Crippen molar-refractivity contribution in [3.05, 3.63) is 40.3 Å². The third-order valence-corrected chi connectivity index (χ3v) is 4.19. The second kappa shape index (κ2) is 6.13. The Morgan fingerprint density at radius 3 is 2.48 bits per heavy atom. The number of nitrogens with zero attached hydrogens (tertiary/aromatic N) is 1. The van der Waals surface area contributed by atoms with Crippen LogP contribution in [0.4, 0.5) is 4.79 Å². The molecule has 2 amide bonds. The lowest BCUT2D eigenvalue weighted by molar-refractivity contribution is -0.124. The highest BCUT2D eigenvalue weighted by Gasteiger charge is 2.37. The summed E-state index contributed by atoms with van der Waals surface area (Å²) < 4.78 is 0. The van der Waals surface area contributed by atoms with Gasteiger partial charge in [0.2, 0.25) is 0 Å². The van der Waals surface area contributed by atoms with E-state index in [0.717, 1.165) is 11.8 Å². The minimum Gasteiger partial charge on any atom is -0.478 e. The maximum atomic E-state index is 12.2. The molecule has 5 nitrogen and oxygen atoms in total. The first-order valence-electron chi connectivity index (χ1n) is 6.54. The normalized spacial score (nSPS) is 18.4. The zero-order valence-electron chi connectivity index (χ0n) is 11.7. The van der Waals surface area contributed by atoms with Crippen LogP contribution in [0.25, 0.3) is 6.08 Å². The SMILES string of the molecule is CC[C@H](C)N1C(=O)S/C(=C/c2ccc(C(=O)O)cc2)C1=O. The number of rotatable bonds is 4. The smallest absolute Gasteiger partial charge is 0.335 e. The fourth-order valence-electron chi connectivity index (χ4n) is 1.92. The molecule has 110 valence electrons. The summed E-state index contributed by atoms with van der Waals surface area (Å²) >= 11 is 0.913. The monoisotopic (exact) mass is 305 g/mol. The van der Waals surface area contributed by atoms with E-state index in [1.54, 1.807) is 18.2 Å². The van der Waals surface area contributed by atoms with Gasteiger partial charge in [-0.15, -0.1) is 0 Å². The van der Waals surface area contributed by atoms with Crippen molar-refractivity contribution in [3.8, 4) is 0 Å². The number of carbonyl (C=O) groups is 3. The summed E-state index contributed by atoms with van der Waals surface area (Å²) in [5.74, 6) is -1.29. The zero-order valence-corrected chi connectivity index (χ0v) is 12.5. The molecule has 0 aromatic heterocycles. The van der Waals surface area contributed by atoms with Crippen LogP contribution in [0.5, 0.6) is 0 Å². The Balaban J connectivity index is 2.24. The molecule has 1 aromatic rings. The van der Waals surface area contributed by atoms with E-state index in [2.05, 4.69) is 0 Å². The van der Waals surface area contributed by atoms with Crippen LogP contribution in [-0.4, -0.2) is 33.2 Å². The van der Waals surface area contributed by atoms with Crippen LogP contribution in [0, 0.1) is 0 Å². The van der Waals surface area contributed by atoms with Gasteiger partial charge in [0.05, 0.1) is 10.5 Å². The Kier molecular flexibility index (Phi) is 4.47. The number of hydrogen-bond donors (Lipinski definition) is 1. The minimum atomic E-state index is -1.00. The van der Waals surface area contributed by atoms with Crippen molar-refractivity contribution in [2.75, 3.05) is 0 Å². The molecule has 0 radical (unpaired) electrons. The summed E-state index contributed by atoms with van der Waals surface area (Å²) in [6.07, 6.45) is 2.32. The van der Waals surface area contributed by atoms with Crippen LogP contribution >= 0.6 is 11.8 Å². The summed E-state index contributed by atoms with van der Waals surface area (Å²) in [7, 11) is 0. The van der Waals surface area contributed by atoms with E-state index in [1.165, 1.54) is 17.0 Å². The summed E-state index contributed by atoms with van der Waals surface area (Å²) in [5, 5.41) is 8.57. The van der Waals surface area contributed by atoms with E-state index >= 15 is 0 Å². The van der Waals surface area contributed by atoms with Gasteiger partial charge in [0.1, 0.15) is 0 Å². The molecule has 1 atom stereocenters. The molecule has 1 aromatic carbocycles. The predicted molar refractivity (Wildman–Crippen MR) is 81.0 cm³/mol. The molecule has 0 aliphatic carbocycles. The third-order valence-electron chi connectivity index (χ3n) is 3.31. The van der Waals surface area contributed by atoms with Gasteiger partial charge in [-0.3, -0.25) is 14.5 Å². The second-order valence-electron chi connectivity index (χ2n) is 4.74. The number of carboxylic acids is 1. The third kappa shape index (κ3) is 3.16. The van der Waals surface area contributed by atoms with Crippen LogP contribution in [0.3, 0.4) is 0 Å². The van der Waals surface area contributed by atoms with Gasteiger partial charge in [0, 0.05) is 6.04 Å². The quantitative estimate of drug-likeness (QED) is 0.864. The summed E-state index contributed by atoms with van der Waals surface area (Å²) in [6, 6.07) is 6.03. The lowest BCUT2D eigenvalue weighted by atomic mass is 10.1. The first kappa shape index (κ1) is 15.3. The van der Waals surface area contributed by atoms with Gasteiger partial charge in [-0.25, -0.2) is 4.79 Å². The zero-order chi connectivity index (χ0) is 15.6. The fourth-order valence-corrected chi connectivity index (χ4v) is 2.85. The highest BCUT2D eigenvalue weighted by molar-refractivity contribution is 8.18. The van der Waals surface area contributed by atoms with Crippen LogP contribution in [0.15, 0.2) is 29.2 Å². The van der Waals surface area contributed by atoms with Crippen LogP contribution < -0.4 is 0 Å². The van der Waals surface area contributed by atoms with Crippen molar-refractivity contribution in [2.24, 2.45) is 0 Å². The Morgan fingerprint density at radius 2 is 1.95 bits per heavy atom. The van der Waals surface area contributed by atoms with Crippen molar-refractivity contribution in [1.82, 2.24) is 4.90 Å². The van der Waals surface area contributed by atoms with E-state index in [-0.39, 0.29) is 22.8 Å². The largest absolute Gasteiger partial charge is 0.478 e. The molecule has 0 saturated carbocycles. The van der Waals surface area contributed by atoms with Crippen LogP contribution in [0.2, 0.25) is 0 Å². The van der Waals surface area contributed by atoms with Crippen LogP contribution in [-0.2, 0) is 4.79 Å². The number of carboxylic acid groups (broad SMARTS) is 1. The molecular formula is C15H15NO4S. The lowest BCUT2D eigenvalue weighted by Gasteiger charge is -2.19. The number of benzene rings is 1. The predicted octanol–water partition coefficient (Wildman–Crippen LogP) is 3.22. The molecule has 1 aliphatic rings. The van der Waals surface area contributed by atoms with Gasteiger partial charge in [-0.2, -0.15) is 0 Å². The number of hydrogen-bond acceptors (Lipinski definition) is 4. The Labute approximate surface area is 126 Å². The lowest BCUT2D eigenvalue weighted by Crippen LogP contribution is -2.36. The van der Waals surface area contributed by atoms with Gasteiger partial charge in [0.25, 0.3) is 11.1 Å². The average molecular weight is 305 g/mol. The Bertz CT molecular complexity index is 621. The molecule has 0 bridgehead atoms. The molecular weight excluding hydrogens is 290 g/mol. The van der Waals surface area contributed by atoms with Crippen molar-refractivity contribution >= 4 is 35.0 Å². The summed E-state index contributed by atoms with van der Waals surface area (Å²) in [4.78, 5) is 36.5. The van der Waals surface area contributed by atoms with Gasteiger partial charge in [-0.1, -0.05) is 19.1 Å². The van der Waals surface area contributed by atoms with Gasteiger partial charge in [0.15, 0.2) is 0 Å². The van der Waals surface area contributed by atoms with Gasteiger partial charge < -0.3 is 5.11 Å². The van der Waals surface area contributed by atoms with Crippen molar-refractivity contribution in [3.63, 3.8) is 0 Å². The van der Waals surface area contributed by atoms with Crippen molar-refractivity contribution in [2.45, 2.75) is 26.3 Å². The number of aromatic carboxylic acids is 1. The molecule has 1 aliphatic heterocycles. The Morgan fingerprint density at radius 1 is 1.33 bits per heavy atom. The first-order chi connectivity index (χ1) is 9.93. The van der Waals surface area contributed by atoms with E-state index in [4.69, 9.17) is 5.11 Å². The molecule has 0 unspecified atom stereocenters.